The SMILES string of the molecule is CC1(c2cccc(F)c2)Cc2cc(C(=O)N3CC[C@H](N4CCOC4=O)C3)cnc2N1. The molecule has 1 aromatic carbocycles. The van der Waals surface area contributed by atoms with Gasteiger partial charge in [0, 0.05) is 25.7 Å². The van der Waals surface area contributed by atoms with Crippen LogP contribution in [0.25, 0.3) is 0 Å². The Balaban J connectivity index is 1.32. The first-order valence-corrected chi connectivity index (χ1v) is 10.2. The minimum Gasteiger partial charge on any atom is -0.448 e. The van der Waals surface area contributed by atoms with E-state index in [0.29, 0.717) is 38.2 Å². The maximum atomic E-state index is 13.7. The standard InChI is InChI=1S/C22H23FN4O3/c1-22(16-3-2-4-17(23)10-16)11-14-9-15(12-24-19(14)25-22)20(28)26-6-5-18(13-26)27-7-8-30-21(27)29/h2-4,9-10,12,18H,5-8,11,13H2,1H3,(H,24,25)/t18-,22?/m0/s1. The van der Waals surface area contributed by atoms with Gasteiger partial charge >= 0.3 is 6.09 Å². The molecule has 0 spiro atoms. The molecule has 30 heavy (non-hydrogen) atoms. The van der Waals surface area contributed by atoms with Crippen LogP contribution in [0.3, 0.4) is 0 Å². The number of carbonyl (C=O) groups is 2. The molecule has 0 radical (unpaired) electrons. The van der Waals surface area contributed by atoms with Crippen LogP contribution in [0.5, 0.6) is 0 Å². The summed E-state index contributed by atoms with van der Waals surface area (Å²) in [6.07, 6.45) is 2.65. The number of nitrogens with zero attached hydrogens (tertiary/aromatic N) is 3. The number of hydrogen-bond donors (Lipinski definition) is 1. The van der Waals surface area contributed by atoms with Crippen molar-refractivity contribution >= 4 is 17.8 Å². The predicted molar refractivity (Wildman–Crippen MR) is 108 cm³/mol. The number of cyclic esters (lactones) is 1. The smallest absolute Gasteiger partial charge is 0.410 e. The molecule has 0 aliphatic carbocycles. The number of nitrogens with one attached hydrogen (secondary N) is 1. The molecule has 1 unspecified atom stereocenters. The van der Waals surface area contributed by atoms with E-state index in [1.807, 2.05) is 19.1 Å². The first-order chi connectivity index (χ1) is 14.4. The fraction of sp³-hybridized carbons (Fsp3) is 0.409. The van der Waals surface area contributed by atoms with Gasteiger partial charge in [-0.05, 0) is 42.7 Å². The van der Waals surface area contributed by atoms with E-state index in [9.17, 15) is 14.0 Å². The second-order valence-electron chi connectivity index (χ2n) is 8.38. The van der Waals surface area contributed by atoms with E-state index in [1.165, 1.54) is 12.1 Å². The van der Waals surface area contributed by atoms with Gasteiger partial charge in [-0.3, -0.25) is 9.69 Å². The molecule has 2 amide bonds. The third-order valence-corrected chi connectivity index (χ3v) is 6.30. The molecule has 2 aromatic rings. The first kappa shape index (κ1) is 18.8. The highest BCUT2D eigenvalue weighted by molar-refractivity contribution is 5.94. The topological polar surface area (TPSA) is 74.8 Å². The van der Waals surface area contributed by atoms with Crippen molar-refractivity contribution in [1.29, 1.82) is 0 Å². The lowest BCUT2D eigenvalue weighted by Gasteiger charge is -2.25. The molecule has 3 aliphatic rings. The molecule has 3 aliphatic heterocycles. The van der Waals surface area contributed by atoms with E-state index >= 15 is 0 Å². The second-order valence-corrected chi connectivity index (χ2v) is 8.38. The Labute approximate surface area is 173 Å². The summed E-state index contributed by atoms with van der Waals surface area (Å²) in [5, 5.41) is 3.38. The van der Waals surface area contributed by atoms with Gasteiger partial charge in [-0.2, -0.15) is 0 Å². The second kappa shape index (κ2) is 6.97. The number of rotatable bonds is 3. The van der Waals surface area contributed by atoms with Crippen molar-refractivity contribution < 1.29 is 18.7 Å². The average Bonchev–Trinajstić information content (AvgIpc) is 3.44. The lowest BCUT2D eigenvalue weighted by Crippen LogP contribution is -2.39. The first-order valence-electron chi connectivity index (χ1n) is 10.2. The maximum absolute atomic E-state index is 13.7. The number of pyridine rings is 1. The number of carbonyl (C=O) groups excluding carboxylic acids is 2. The number of aromatic nitrogens is 1. The van der Waals surface area contributed by atoms with Crippen LogP contribution in [0.4, 0.5) is 15.0 Å². The molecule has 1 aromatic heterocycles. The number of likely N-dealkylation sites (tertiary alicyclic amines) is 1. The summed E-state index contributed by atoms with van der Waals surface area (Å²) in [5.74, 6) is 0.359. The molecule has 0 saturated carbocycles. The van der Waals surface area contributed by atoms with Gasteiger partial charge < -0.3 is 15.0 Å². The Morgan fingerprint density at radius 2 is 2.20 bits per heavy atom. The maximum Gasteiger partial charge on any atom is 0.410 e. The lowest BCUT2D eigenvalue weighted by molar-refractivity contribution is 0.0779. The fourth-order valence-corrected chi connectivity index (χ4v) is 4.67. The van der Waals surface area contributed by atoms with Crippen molar-refractivity contribution in [1.82, 2.24) is 14.8 Å². The van der Waals surface area contributed by atoms with Gasteiger partial charge in [0.2, 0.25) is 0 Å². The number of halogens is 1. The number of anilines is 1. The molecule has 2 atom stereocenters. The monoisotopic (exact) mass is 410 g/mol. The van der Waals surface area contributed by atoms with Crippen LogP contribution in [-0.2, 0) is 16.7 Å². The molecule has 7 nitrogen and oxygen atoms in total. The fourth-order valence-electron chi connectivity index (χ4n) is 4.67. The Bertz CT molecular complexity index is 1030. The van der Waals surface area contributed by atoms with Crippen molar-refractivity contribution in [2.45, 2.75) is 31.3 Å². The quantitative estimate of drug-likeness (QED) is 0.842. The van der Waals surface area contributed by atoms with E-state index in [-0.39, 0.29) is 23.9 Å². The molecular weight excluding hydrogens is 387 g/mol. The van der Waals surface area contributed by atoms with Crippen LogP contribution in [0, 0.1) is 5.82 Å². The zero-order valence-electron chi connectivity index (χ0n) is 16.7. The summed E-state index contributed by atoms with van der Waals surface area (Å²) < 4.78 is 18.7. The van der Waals surface area contributed by atoms with E-state index in [0.717, 1.165) is 23.4 Å². The number of amides is 2. The van der Waals surface area contributed by atoms with Crippen LogP contribution in [0.2, 0.25) is 0 Å². The highest BCUT2D eigenvalue weighted by atomic mass is 19.1. The van der Waals surface area contributed by atoms with Gasteiger partial charge in [0.15, 0.2) is 0 Å². The molecule has 8 heteroatoms. The number of ether oxygens (including phenoxy) is 1. The summed E-state index contributed by atoms with van der Waals surface area (Å²) in [6, 6.07) is 8.42. The highest BCUT2D eigenvalue weighted by Crippen LogP contribution is 2.38. The lowest BCUT2D eigenvalue weighted by atomic mass is 9.89. The molecule has 156 valence electrons. The van der Waals surface area contributed by atoms with Crippen molar-refractivity contribution in [3.05, 3.63) is 59.0 Å². The summed E-state index contributed by atoms with van der Waals surface area (Å²) in [7, 11) is 0. The van der Waals surface area contributed by atoms with Crippen LogP contribution in [0.15, 0.2) is 36.5 Å². The highest BCUT2D eigenvalue weighted by Gasteiger charge is 2.38. The Hall–Kier alpha value is -3.16. The van der Waals surface area contributed by atoms with Gasteiger partial charge in [-0.15, -0.1) is 0 Å². The van der Waals surface area contributed by atoms with Crippen molar-refractivity contribution in [2.75, 3.05) is 31.6 Å². The summed E-state index contributed by atoms with van der Waals surface area (Å²) in [4.78, 5) is 32.8. The molecule has 4 heterocycles. The van der Waals surface area contributed by atoms with Gasteiger partial charge in [-0.1, -0.05) is 12.1 Å². The number of fused-ring (bicyclic) bond motifs is 1. The minimum atomic E-state index is -0.478. The zero-order chi connectivity index (χ0) is 20.9. The van der Waals surface area contributed by atoms with Crippen LogP contribution < -0.4 is 5.32 Å². The third-order valence-electron chi connectivity index (χ3n) is 6.30. The van der Waals surface area contributed by atoms with E-state index in [1.54, 1.807) is 22.1 Å². The van der Waals surface area contributed by atoms with Gasteiger partial charge in [-0.25, -0.2) is 14.2 Å². The third kappa shape index (κ3) is 3.16. The van der Waals surface area contributed by atoms with E-state index < -0.39 is 5.54 Å². The Morgan fingerprint density at radius 1 is 1.33 bits per heavy atom. The van der Waals surface area contributed by atoms with Crippen LogP contribution in [-0.4, -0.2) is 59.1 Å². The van der Waals surface area contributed by atoms with Crippen LogP contribution in [0.1, 0.15) is 34.8 Å². The van der Waals surface area contributed by atoms with Crippen molar-refractivity contribution in [3.63, 3.8) is 0 Å². The number of benzene rings is 1. The predicted octanol–water partition coefficient (Wildman–Crippen LogP) is 2.77. The van der Waals surface area contributed by atoms with Gasteiger partial charge in [0.05, 0.1) is 23.7 Å². The van der Waals surface area contributed by atoms with Gasteiger partial charge in [0.1, 0.15) is 18.2 Å². The zero-order valence-corrected chi connectivity index (χ0v) is 16.7. The van der Waals surface area contributed by atoms with Crippen molar-refractivity contribution in [2.24, 2.45) is 0 Å². The van der Waals surface area contributed by atoms with Crippen molar-refractivity contribution in [3.8, 4) is 0 Å². The van der Waals surface area contributed by atoms with Gasteiger partial charge in [0.25, 0.3) is 5.91 Å². The van der Waals surface area contributed by atoms with E-state index in [2.05, 4.69) is 10.3 Å². The largest absolute Gasteiger partial charge is 0.448 e. The number of hydrogen-bond acceptors (Lipinski definition) is 5. The molecule has 5 rings (SSSR count). The molecule has 0 bridgehead atoms. The summed E-state index contributed by atoms with van der Waals surface area (Å²) in [6.45, 7) is 4.10. The minimum absolute atomic E-state index is 0.00396. The van der Waals surface area contributed by atoms with Crippen LogP contribution >= 0.6 is 0 Å². The Morgan fingerprint density at radius 3 is 2.97 bits per heavy atom. The average molecular weight is 410 g/mol. The molecule has 1 N–H and O–H groups in total. The molecular formula is C22H23FN4O3. The molecule has 2 saturated heterocycles. The summed E-state index contributed by atoms with van der Waals surface area (Å²) >= 11 is 0. The summed E-state index contributed by atoms with van der Waals surface area (Å²) in [5.41, 5.74) is 1.83. The molecule has 2 fully saturated rings. The van der Waals surface area contributed by atoms with E-state index in [4.69, 9.17) is 4.74 Å². The normalized spacial score (nSPS) is 25.3. The Kier molecular flexibility index (Phi) is 4.38.